The summed E-state index contributed by atoms with van der Waals surface area (Å²) in [7, 11) is 0. The van der Waals surface area contributed by atoms with Crippen molar-refractivity contribution in [2.24, 2.45) is 5.92 Å². The minimum Gasteiger partial charge on any atom is -0.465 e. The van der Waals surface area contributed by atoms with Crippen LogP contribution in [0.4, 0.5) is 0 Å². The van der Waals surface area contributed by atoms with Crippen LogP contribution in [0.1, 0.15) is 188 Å². The maximum absolute atomic E-state index is 12.5. The Kier molecular flexibility index (Phi) is 33.3. The van der Waals surface area contributed by atoms with Crippen molar-refractivity contribution in [1.82, 2.24) is 0 Å². The van der Waals surface area contributed by atoms with Crippen molar-refractivity contribution in [3.8, 4) is 0 Å². The normalized spacial score (nSPS) is 12.3. The molecule has 246 valence electrons. The summed E-state index contributed by atoms with van der Waals surface area (Å²) in [6, 6.07) is 0. The van der Waals surface area contributed by atoms with Crippen LogP contribution in [0.25, 0.3) is 0 Å². The van der Waals surface area contributed by atoms with E-state index in [2.05, 4.69) is 20.8 Å². The number of aliphatic hydroxyl groups is 1. The molecule has 0 aliphatic heterocycles. The van der Waals surface area contributed by atoms with Crippen molar-refractivity contribution in [3.05, 3.63) is 0 Å². The first-order valence-electron chi connectivity index (χ1n) is 18.2. The van der Waals surface area contributed by atoms with Crippen molar-refractivity contribution in [1.29, 1.82) is 0 Å². The van der Waals surface area contributed by atoms with Gasteiger partial charge in [0.15, 0.2) is 6.29 Å². The van der Waals surface area contributed by atoms with Crippen LogP contribution in [-0.4, -0.2) is 43.8 Å². The lowest BCUT2D eigenvalue weighted by Gasteiger charge is -2.19. The van der Waals surface area contributed by atoms with E-state index in [1.165, 1.54) is 128 Å². The van der Waals surface area contributed by atoms with Gasteiger partial charge in [-0.1, -0.05) is 156 Å². The van der Waals surface area contributed by atoms with E-state index in [9.17, 15) is 9.90 Å². The third kappa shape index (κ3) is 30.6. The van der Waals surface area contributed by atoms with Crippen LogP contribution in [0.5, 0.6) is 0 Å². The van der Waals surface area contributed by atoms with E-state index in [4.69, 9.17) is 14.2 Å². The molecule has 41 heavy (non-hydrogen) atoms. The third-order valence-corrected chi connectivity index (χ3v) is 8.14. The Balaban J connectivity index is 4.17. The van der Waals surface area contributed by atoms with E-state index in [1.807, 2.05) is 0 Å². The Hall–Kier alpha value is -0.650. The van der Waals surface area contributed by atoms with E-state index >= 15 is 0 Å². The number of hydrogen-bond acceptors (Lipinski definition) is 5. The van der Waals surface area contributed by atoms with Gasteiger partial charge in [-0.3, -0.25) is 4.79 Å². The molecule has 5 nitrogen and oxygen atoms in total. The van der Waals surface area contributed by atoms with Crippen LogP contribution in [0.15, 0.2) is 0 Å². The monoisotopic (exact) mass is 585 g/mol. The number of hydrogen-bond donors (Lipinski definition) is 1. The first kappa shape index (κ1) is 40.4. The maximum atomic E-state index is 12.5. The zero-order valence-corrected chi connectivity index (χ0v) is 27.9. The fourth-order valence-corrected chi connectivity index (χ4v) is 5.25. The van der Waals surface area contributed by atoms with E-state index in [0.29, 0.717) is 32.7 Å². The van der Waals surface area contributed by atoms with Gasteiger partial charge in [0.25, 0.3) is 0 Å². The van der Waals surface area contributed by atoms with Gasteiger partial charge in [0.05, 0.1) is 13.0 Å². The Morgan fingerprint density at radius 3 is 1.34 bits per heavy atom. The van der Waals surface area contributed by atoms with Gasteiger partial charge < -0.3 is 19.3 Å². The Morgan fingerprint density at radius 1 is 0.537 bits per heavy atom. The molecule has 0 rings (SSSR count). The van der Waals surface area contributed by atoms with Crippen LogP contribution in [0.2, 0.25) is 0 Å². The van der Waals surface area contributed by atoms with Gasteiger partial charge in [0, 0.05) is 32.2 Å². The van der Waals surface area contributed by atoms with Gasteiger partial charge in [-0.05, 0) is 19.3 Å². The summed E-state index contributed by atoms with van der Waals surface area (Å²) in [6.07, 6.45) is 30.6. The van der Waals surface area contributed by atoms with E-state index in [0.717, 1.165) is 25.7 Å². The highest BCUT2D eigenvalue weighted by molar-refractivity contribution is 5.69. The smallest absolute Gasteiger partial charge is 0.305 e. The lowest BCUT2D eigenvalue weighted by molar-refractivity contribution is -0.160. The standard InChI is InChI=1S/C36H72O5/c1-4-7-10-13-16-17-18-21-24-27-34(32-37)33-41-35(38)28-29-36(39-30-25-22-19-14-11-8-5-2)40-31-26-23-20-15-12-9-6-3/h34,36-37H,4-33H2,1-3H3. The summed E-state index contributed by atoms with van der Waals surface area (Å²) in [6.45, 7) is 8.53. The van der Waals surface area contributed by atoms with Gasteiger partial charge in [-0.2, -0.15) is 0 Å². The van der Waals surface area contributed by atoms with E-state index in [-0.39, 0.29) is 24.8 Å². The van der Waals surface area contributed by atoms with Crippen molar-refractivity contribution in [2.75, 3.05) is 26.4 Å². The van der Waals surface area contributed by atoms with Crippen molar-refractivity contribution < 1.29 is 24.1 Å². The Morgan fingerprint density at radius 2 is 0.927 bits per heavy atom. The first-order valence-corrected chi connectivity index (χ1v) is 18.2. The number of aliphatic hydroxyl groups excluding tert-OH is 1. The number of carbonyl (C=O) groups is 1. The fourth-order valence-electron chi connectivity index (χ4n) is 5.25. The minimum absolute atomic E-state index is 0.0430. The zero-order chi connectivity index (χ0) is 30.1. The van der Waals surface area contributed by atoms with Gasteiger partial charge >= 0.3 is 5.97 Å². The molecule has 0 saturated carbocycles. The summed E-state index contributed by atoms with van der Waals surface area (Å²) in [5, 5.41) is 9.75. The molecule has 1 unspecified atom stereocenters. The van der Waals surface area contributed by atoms with Gasteiger partial charge in [-0.15, -0.1) is 0 Å². The SMILES string of the molecule is CCCCCCCCCCCC(CO)COC(=O)CCC(OCCCCCCCCC)OCCCCCCCCC. The molecule has 0 radical (unpaired) electrons. The molecule has 0 amide bonds. The molecule has 1 N–H and O–H groups in total. The molecule has 5 heteroatoms. The fraction of sp³-hybridized carbons (Fsp3) is 0.972. The minimum atomic E-state index is -0.335. The molecular weight excluding hydrogens is 512 g/mol. The van der Waals surface area contributed by atoms with Crippen LogP contribution in [-0.2, 0) is 19.0 Å². The molecule has 0 aromatic rings. The molecule has 1 atom stereocenters. The number of unbranched alkanes of at least 4 members (excludes halogenated alkanes) is 20. The molecule has 0 spiro atoms. The Labute approximate surface area is 256 Å². The molecule has 0 aliphatic rings. The predicted molar refractivity (Wildman–Crippen MR) is 174 cm³/mol. The number of esters is 1. The molecule has 0 heterocycles. The summed E-state index contributed by atoms with van der Waals surface area (Å²) < 4.78 is 17.7. The summed E-state index contributed by atoms with van der Waals surface area (Å²) >= 11 is 0. The van der Waals surface area contributed by atoms with Crippen LogP contribution in [0.3, 0.4) is 0 Å². The third-order valence-electron chi connectivity index (χ3n) is 8.14. The summed E-state index contributed by atoms with van der Waals surface area (Å²) in [5.74, 6) is -0.166. The molecule has 0 aromatic carbocycles. The van der Waals surface area contributed by atoms with Gasteiger partial charge in [0.1, 0.15) is 0 Å². The largest absolute Gasteiger partial charge is 0.465 e. The van der Waals surface area contributed by atoms with E-state index < -0.39 is 0 Å². The number of rotatable bonds is 34. The highest BCUT2D eigenvalue weighted by Crippen LogP contribution is 2.16. The lowest BCUT2D eigenvalue weighted by atomic mass is 10.0. The highest BCUT2D eigenvalue weighted by Gasteiger charge is 2.15. The molecule has 0 fully saturated rings. The second kappa shape index (κ2) is 33.8. The topological polar surface area (TPSA) is 65.0 Å². The quantitative estimate of drug-likeness (QED) is 0.0463. The van der Waals surface area contributed by atoms with Crippen molar-refractivity contribution in [3.63, 3.8) is 0 Å². The molecule has 0 aliphatic carbocycles. The molecule has 0 bridgehead atoms. The molecule has 0 aromatic heterocycles. The van der Waals surface area contributed by atoms with Crippen molar-refractivity contribution >= 4 is 5.97 Å². The zero-order valence-electron chi connectivity index (χ0n) is 27.9. The average Bonchev–Trinajstić information content (AvgIpc) is 2.98. The highest BCUT2D eigenvalue weighted by atomic mass is 16.7. The van der Waals surface area contributed by atoms with Crippen LogP contribution in [0, 0.1) is 5.92 Å². The maximum Gasteiger partial charge on any atom is 0.305 e. The van der Waals surface area contributed by atoms with Crippen LogP contribution >= 0.6 is 0 Å². The lowest BCUT2D eigenvalue weighted by Crippen LogP contribution is -2.22. The molecule has 0 saturated heterocycles. The number of carbonyl (C=O) groups excluding carboxylic acids is 1. The summed E-state index contributed by atoms with van der Waals surface area (Å²) in [5.41, 5.74) is 0. The number of ether oxygens (including phenoxy) is 3. The second-order valence-electron chi connectivity index (χ2n) is 12.3. The average molecular weight is 585 g/mol. The van der Waals surface area contributed by atoms with Gasteiger partial charge in [0.2, 0.25) is 0 Å². The van der Waals surface area contributed by atoms with Crippen LogP contribution < -0.4 is 0 Å². The van der Waals surface area contributed by atoms with E-state index in [1.54, 1.807) is 0 Å². The first-order chi connectivity index (χ1) is 20.2. The van der Waals surface area contributed by atoms with Crippen molar-refractivity contribution in [2.45, 2.75) is 194 Å². The predicted octanol–water partition coefficient (Wildman–Crippen LogP) is 10.7. The second-order valence-corrected chi connectivity index (χ2v) is 12.3. The van der Waals surface area contributed by atoms with Gasteiger partial charge in [-0.25, -0.2) is 0 Å². The molecular formula is C36H72O5. The summed E-state index contributed by atoms with van der Waals surface area (Å²) in [4.78, 5) is 12.5. The Bertz CT molecular complexity index is 492.